The van der Waals surface area contributed by atoms with Crippen LogP contribution in [-0.2, 0) is 9.36 Å². The van der Waals surface area contributed by atoms with Crippen molar-refractivity contribution in [2.24, 2.45) is 0 Å². The van der Waals surface area contributed by atoms with E-state index in [1.54, 1.807) is 0 Å². The maximum Gasteiger partial charge on any atom is 0.346 e. The summed E-state index contributed by atoms with van der Waals surface area (Å²) in [6.07, 6.45) is 1.03. The first-order valence-corrected chi connectivity index (χ1v) is 5.07. The summed E-state index contributed by atoms with van der Waals surface area (Å²) in [5.74, 6) is -2.40. The highest BCUT2D eigenvalue weighted by atomic mass is 31.2. The molecule has 0 rings (SSSR count). The van der Waals surface area contributed by atoms with E-state index in [9.17, 15) is 9.36 Å². The lowest BCUT2D eigenvalue weighted by Crippen LogP contribution is -2.34. The lowest BCUT2D eigenvalue weighted by Gasteiger charge is -2.23. The Hall–Kier alpha value is -0.680. The summed E-state index contributed by atoms with van der Waals surface area (Å²) in [6, 6.07) is 0. The van der Waals surface area contributed by atoms with Crippen molar-refractivity contribution < 1.29 is 24.3 Å². The van der Waals surface area contributed by atoms with Gasteiger partial charge in [-0.25, -0.2) is 0 Å². The molecule has 6 nitrogen and oxygen atoms in total. The molecule has 13 heavy (non-hydrogen) atoms. The Kier molecular flexibility index (Phi) is 4.29. The summed E-state index contributed by atoms with van der Waals surface area (Å²) < 4.78 is 10.8. The highest BCUT2D eigenvalue weighted by Gasteiger charge is 2.30. The van der Waals surface area contributed by atoms with Crippen LogP contribution in [0, 0.1) is 0 Å². The van der Waals surface area contributed by atoms with Crippen LogP contribution in [0.3, 0.4) is 0 Å². The van der Waals surface area contributed by atoms with Crippen molar-refractivity contribution in [1.82, 2.24) is 4.90 Å². The number of hydrogen-bond donors (Lipinski definition) is 3. The lowest BCUT2D eigenvalue weighted by atomic mass is 10.5. The lowest BCUT2D eigenvalue weighted by molar-refractivity contribution is -0.138. The highest BCUT2D eigenvalue weighted by molar-refractivity contribution is 7.52. The average molecular weight is 209 g/mol. The zero-order valence-electron chi connectivity index (χ0n) is 7.12. The number of likely N-dealkylation sites (N-methyl/N-ethyl adjacent to an activating group) is 1. The molecular weight excluding hydrogens is 197 g/mol. The molecule has 0 aliphatic carbocycles. The fraction of sp³-hybridized carbons (Fsp3) is 0.500. The van der Waals surface area contributed by atoms with Crippen molar-refractivity contribution in [3.63, 3.8) is 0 Å². The molecule has 7 heteroatoms. The third-order valence-corrected chi connectivity index (χ3v) is 2.69. The van der Waals surface area contributed by atoms with Gasteiger partial charge in [-0.05, 0) is 7.05 Å². The van der Waals surface area contributed by atoms with Crippen molar-refractivity contribution in [3.8, 4) is 0 Å². The van der Waals surface area contributed by atoms with Gasteiger partial charge in [0, 0.05) is 0 Å². The number of carboxylic acid groups (broad SMARTS) is 1. The normalized spacial score (nSPS) is 14.2. The van der Waals surface area contributed by atoms with Crippen molar-refractivity contribution in [2.45, 2.75) is 5.78 Å². The zero-order valence-corrected chi connectivity index (χ0v) is 8.02. The minimum atomic E-state index is -4.34. The van der Waals surface area contributed by atoms with Crippen LogP contribution in [0.15, 0.2) is 12.7 Å². The molecule has 0 aromatic heterocycles. The molecular formula is C6H12NO5P. The number of rotatable bonds is 5. The quantitative estimate of drug-likeness (QED) is 0.424. The van der Waals surface area contributed by atoms with Crippen LogP contribution >= 0.6 is 7.60 Å². The number of hydrogen-bond acceptors (Lipinski definition) is 3. The van der Waals surface area contributed by atoms with Gasteiger partial charge in [-0.15, -0.1) is 6.58 Å². The number of nitrogens with zero attached hydrogens (tertiary/aromatic N) is 1. The second-order valence-electron chi connectivity index (χ2n) is 2.55. The van der Waals surface area contributed by atoms with Crippen LogP contribution in [0.25, 0.3) is 0 Å². The third-order valence-electron chi connectivity index (χ3n) is 1.39. The molecule has 0 amide bonds. The monoisotopic (exact) mass is 209 g/mol. The van der Waals surface area contributed by atoms with E-state index in [1.165, 1.54) is 7.05 Å². The van der Waals surface area contributed by atoms with Crippen LogP contribution in [-0.4, -0.2) is 45.1 Å². The molecule has 0 radical (unpaired) electrons. The molecule has 0 bridgehead atoms. The molecule has 0 aromatic rings. The first-order valence-electron chi connectivity index (χ1n) is 3.39. The van der Waals surface area contributed by atoms with Gasteiger partial charge in [0.25, 0.3) is 0 Å². The van der Waals surface area contributed by atoms with Gasteiger partial charge < -0.3 is 14.9 Å². The SMILES string of the molecule is C=CC(N(C)CC(=O)O)P(=O)(O)O. The van der Waals surface area contributed by atoms with E-state index in [1.807, 2.05) is 0 Å². The topological polar surface area (TPSA) is 98.1 Å². The molecule has 0 aromatic carbocycles. The van der Waals surface area contributed by atoms with Gasteiger partial charge in [0.1, 0.15) is 5.78 Å². The Morgan fingerprint density at radius 1 is 1.69 bits per heavy atom. The van der Waals surface area contributed by atoms with E-state index in [-0.39, 0.29) is 0 Å². The first kappa shape index (κ1) is 12.3. The van der Waals surface area contributed by atoms with Crippen molar-refractivity contribution in [1.29, 1.82) is 0 Å². The fourth-order valence-electron chi connectivity index (χ4n) is 0.881. The van der Waals surface area contributed by atoms with Gasteiger partial charge in [0.05, 0.1) is 6.54 Å². The highest BCUT2D eigenvalue weighted by Crippen LogP contribution is 2.42. The molecule has 76 valence electrons. The molecule has 0 saturated heterocycles. The maximum absolute atomic E-state index is 10.8. The van der Waals surface area contributed by atoms with Crippen molar-refractivity contribution >= 4 is 13.6 Å². The van der Waals surface area contributed by atoms with E-state index in [0.717, 1.165) is 11.0 Å². The van der Waals surface area contributed by atoms with Crippen molar-refractivity contribution in [3.05, 3.63) is 12.7 Å². The molecule has 0 spiro atoms. The largest absolute Gasteiger partial charge is 0.480 e. The molecule has 0 heterocycles. The molecule has 0 saturated carbocycles. The van der Waals surface area contributed by atoms with Crippen molar-refractivity contribution in [2.75, 3.05) is 13.6 Å². The number of carbonyl (C=O) groups is 1. The Labute approximate surface area is 75.6 Å². The molecule has 1 unspecified atom stereocenters. The van der Waals surface area contributed by atoms with Gasteiger partial charge in [0.2, 0.25) is 0 Å². The minimum absolute atomic E-state index is 0.443. The Balaban J connectivity index is 4.50. The minimum Gasteiger partial charge on any atom is -0.480 e. The van der Waals surface area contributed by atoms with Crippen LogP contribution in [0.5, 0.6) is 0 Å². The summed E-state index contributed by atoms with van der Waals surface area (Å²) in [5.41, 5.74) is 0. The summed E-state index contributed by atoms with van der Waals surface area (Å²) in [5, 5.41) is 8.37. The number of aliphatic carboxylic acids is 1. The number of carboxylic acids is 1. The second-order valence-corrected chi connectivity index (χ2v) is 4.25. The average Bonchev–Trinajstić information content (AvgIpc) is 1.82. The first-order chi connectivity index (χ1) is 5.79. The van der Waals surface area contributed by atoms with E-state index in [2.05, 4.69) is 6.58 Å². The summed E-state index contributed by atoms with van der Waals surface area (Å²) in [6.45, 7) is 2.79. The van der Waals surface area contributed by atoms with Gasteiger partial charge in [-0.3, -0.25) is 14.3 Å². The smallest absolute Gasteiger partial charge is 0.346 e. The molecule has 1 atom stereocenters. The Morgan fingerprint density at radius 2 is 2.15 bits per heavy atom. The molecule has 0 aliphatic heterocycles. The maximum atomic E-state index is 10.8. The third kappa shape index (κ3) is 4.19. The molecule has 0 fully saturated rings. The standard InChI is InChI=1S/C6H12NO5P/c1-3-5(13(10,11)12)7(2)4-6(8)9/h3,5H,1,4H2,2H3,(H,8,9)(H2,10,11,12). The molecule has 0 aliphatic rings. The summed E-state index contributed by atoms with van der Waals surface area (Å²) in [7, 11) is -3.04. The molecule has 3 N–H and O–H groups in total. The second kappa shape index (κ2) is 4.53. The van der Waals surface area contributed by atoms with Crippen LogP contribution in [0.4, 0.5) is 0 Å². The van der Waals surface area contributed by atoms with Gasteiger partial charge >= 0.3 is 13.6 Å². The van der Waals surface area contributed by atoms with Gasteiger partial charge in [-0.1, -0.05) is 6.08 Å². The Morgan fingerprint density at radius 3 is 2.38 bits per heavy atom. The van der Waals surface area contributed by atoms with E-state index in [0.29, 0.717) is 0 Å². The Bertz CT molecular complexity index is 247. The van der Waals surface area contributed by atoms with E-state index >= 15 is 0 Å². The van der Waals surface area contributed by atoms with E-state index < -0.39 is 25.9 Å². The predicted molar refractivity (Wildman–Crippen MR) is 46.3 cm³/mol. The van der Waals surface area contributed by atoms with E-state index in [4.69, 9.17) is 14.9 Å². The summed E-state index contributed by atoms with van der Waals surface area (Å²) in [4.78, 5) is 28.8. The fourth-order valence-corrected chi connectivity index (χ4v) is 1.75. The predicted octanol–water partition coefficient (Wildman–Crippen LogP) is -0.307. The van der Waals surface area contributed by atoms with Crippen LogP contribution in [0.2, 0.25) is 0 Å². The van der Waals surface area contributed by atoms with Crippen LogP contribution in [0.1, 0.15) is 0 Å². The van der Waals surface area contributed by atoms with Gasteiger partial charge in [-0.2, -0.15) is 0 Å². The van der Waals surface area contributed by atoms with Gasteiger partial charge in [0.15, 0.2) is 0 Å². The van der Waals surface area contributed by atoms with Crippen LogP contribution < -0.4 is 0 Å². The summed E-state index contributed by atoms with van der Waals surface area (Å²) >= 11 is 0. The zero-order chi connectivity index (χ0) is 10.6.